The molecule has 0 spiro atoms. The lowest BCUT2D eigenvalue weighted by Crippen LogP contribution is -2.34. The quantitative estimate of drug-likeness (QED) is 0.573. The van der Waals surface area contributed by atoms with E-state index in [1.54, 1.807) is 11.9 Å². The SMILES string of the molecule is CC1(C2C[CH]CCC2)CSN=N1. The van der Waals surface area contributed by atoms with E-state index in [0.717, 1.165) is 11.7 Å². The molecule has 2 nitrogen and oxygen atoms in total. The van der Waals surface area contributed by atoms with E-state index < -0.39 is 0 Å². The summed E-state index contributed by atoms with van der Waals surface area (Å²) in [6.45, 7) is 2.25. The predicted octanol–water partition coefficient (Wildman–Crippen LogP) is 3.25. The summed E-state index contributed by atoms with van der Waals surface area (Å²) < 4.78 is 4.04. The summed E-state index contributed by atoms with van der Waals surface area (Å²) in [5.41, 5.74) is 0.154. The molecule has 0 N–H and O–H groups in total. The van der Waals surface area contributed by atoms with Crippen LogP contribution in [0.2, 0.25) is 0 Å². The van der Waals surface area contributed by atoms with Crippen molar-refractivity contribution in [2.75, 3.05) is 5.75 Å². The highest BCUT2D eigenvalue weighted by Gasteiger charge is 2.37. The van der Waals surface area contributed by atoms with Crippen LogP contribution >= 0.6 is 11.9 Å². The Morgan fingerprint density at radius 2 is 2.50 bits per heavy atom. The van der Waals surface area contributed by atoms with Gasteiger partial charge in [-0.2, -0.15) is 5.11 Å². The third-order valence-corrected chi connectivity index (χ3v) is 3.89. The highest BCUT2D eigenvalue weighted by atomic mass is 32.2. The summed E-state index contributed by atoms with van der Waals surface area (Å²) in [5, 5.41) is 4.36. The van der Waals surface area contributed by atoms with Gasteiger partial charge in [0, 0.05) is 5.75 Å². The molecule has 2 unspecified atom stereocenters. The van der Waals surface area contributed by atoms with Gasteiger partial charge in [0.1, 0.15) is 0 Å². The van der Waals surface area contributed by atoms with Crippen LogP contribution in [0.25, 0.3) is 0 Å². The van der Waals surface area contributed by atoms with E-state index in [1.807, 2.05) is 0 Å². The van der Waals surface area contributed by atoms with E-state index in [-0.39, 0.29) is 5.54 Å². The van der Waals surface area contributed by atoms with Crippen molar-refractivity contribution >= 4 is 11.9 Å². The molecule has 2 rings (SSSR count). The van der Waals surface area contributed by atoms with Gasteiger partial charge in [-0.15, -0.1) is 4.52 Å². The highest BCUT2D eigenvalue weighted by Crippen LogP contribution is 2.40. The van der Waals surface area contributed by atoms with Gasteiger partial charge in [0.05, 0.1) is 5.54 Å². The maximum absolute atomic E-state index is 4.36. The molecule has 0 amide bonds. The third kappa shape index (κ3) is 1.51. The minimum Gasteiger partial charge on any atom is -0.174 e. The number of hydrogen-bond acceptors (Lipinski definition) is 3. The summed E-state index contributed by atoms with van der Waals surface area (Å²) in [7, 11) is 0. The molecule has 1 aliphatic heterocycles. The van der Waals surface area contributed by atoms with Gasteiger partial charge in [-0.25, -0.2) is 0 Å². The smallest absolute Gasteiger partial charge is 0.0935 e. The molecule has 12 heavy (non-hydrogen) atoms. The summed E-state index contributed by atoms with van der Waals surface area (Å²) in [5.74, 6) is 1.84. The largest absolute Gasteiger partial charge is 0.174 e. The van der Waals surface area contributed by atoms with Crippen molar-refractivity contribution in [3.05, 3.63) is 6.42 Å². The van der Waals surface area contributed by atoms with Crippen molar-refractivity contribution in [2.45, 2.75) is 38.1 Å². The van der Waals surface area contributed by atoms with Gasteiger partial charge < -0.3 is 0 Å². The molecule has 1 saturated carbocycles. The Bertz CT molecular complexity index is 187. The maximum atomic E-state index is 4.36. The van der Waals surface area contributed by atoms with Crippen LogP contribution in [0.4, 0.5) is 0 Å². The highest BCUT2D eigenvalue weighted by molar-refractivity contribution is 7.98. The fourth-order valence-electron chi connectivity index (χ4n) is 2.02. The van der Waals surface area contributed by atoms with Crippen molar-refractivity contribution < 1.29 is 0 Å². The number of rotatable bonds is 1. The average molecular weight is 183 g/mol. The first kappa shape index (κ1) is 8.54. The van der Waals surface area contributed by atoms with Gasteiger partial charge in [-0.05, 0) is 44.1 Å². The fraction of sp³-hybridized carbons (Fsp3) is 0.889. The van der Waals surface area contributed by atoms with Gasteiger partial charge in [-0.3, -0.25) is 0 Å². The number of nitrogens with zero attached hydrogens (tertiary/aromatic N) is 2. The first-order chi connectivity index (χ1) is 5.81. The van der Waals surface area contributed by atoms with Crippen molar-refractivity contribution in [1.29, 1.82) is 0 Å². The minimum absolute atomic E-state index is 0.154. The monoisotopic (exact) mass is 183 g/mol. The Kier molecular flexibility index (Phi) is 2.40. The Morgan fingerprint density at radius 1 is 1.58 bits per heavy atom. The molecule has 0 aromatic heterocycles. The molecule has 3 heteroatoms. The lowest BCUT2D eigenvalue weighted by molar-refractivity contribution is 0.274. The van der Waals surface area contributed by atoms with E-state index in [4.69, 9.17) is 0 Å². The van der Waals surface area contributed by atoms with Gasteiger partial charge in [0.2, 0.25) is 0 Å². The summed E-state index contributed by atoms with van der Waals surface area (Å²) >= 11 is 1.62. The summed E-state index contributed by atoms with van der Waals surface area (Å²) in [6, 6.07) is 0. The zero-order valence-corrected chi connectivity index (χ0v) is 8.31. The molecule has 1 heterocycles. The topological polar surface area (TPSA) is 24.7 Å². The standard InChI is InChI=1S/C9H15N2S/c1-9(7-12-11-10-9)8-5-3-2-4-6-8/h3,8H,2,4-7H2,1H3. The fourth-order valence-corrected chi connectivity index (χ4v) is 2.88. The van der Waals surface area contributed by atoms with Crippen LogP contribution in [0.3, 0.4) is 0 Å². The predicted molar refractivity (Wildman–Crippen MR) is 52.0 cm³/mol. The van der Waals surface area contributed by atoms with E-state index in [2.05, 4.69) is 23.0 Å². The van der Waals surface area contributed by atoms with Gasteiger partial charge in [-0.1, -0.05) is 12.8 Å². The lowest BCUT2D eigenvalue weighted by atomic mass is 9.77. The molecule has 2 aliphatic rings. The van der Waals surface area contributed by atoms with Crippen LogP contribution in [-0.4, -0.2) is 11.3 Å². The molecule has 1 aliphatic carbocycles. The van der Waals surface area contributed by atoms with Crippen LogP contribution in [0.1, 0.15) is 32.6 Å². The van der Waals surface area contributed by atoms with E-state index in [0.29, 0.717) is 0 Å². The van der Waals surface area contributed by atoms with Crippen LogP contribution in [0.15, 0.2) is 9.63 Å². The van der Waals surface area contributed by atoms with E-state index in [9.17, 15) is 0 Å². The first-order valence-corrected chi connectivity index (χ1v) is 5.61. The van der Waals surface area contributed by atoms with Crippen LogP contribution in [0.5, 0.6) is 0 Å². The van der Waals surface area contributed by atoms with Gasteiger partial charge in [0.25, 0.3) is 0 Å². The number of hydrogen-bond donors (Lipinski definition) is 0. The van der Waals surface area contributed by atoms with Crippen molar-refractivity contribution in [1.82, 2.24) is 0 Å². The normalized spacial score (nSPS) is 37.4. The molecule has 1 fully saturated rings. The zero-order chi connectivity index (χ0) is 8.44. The van der Waals surface area contributed by atoms with Crippen LogP contribution in [-0.2, 0) is 0 Å². The molecular weight excluding hydrogens is 168 g/mol. The lowest BCUT2D eigenvalue weighted by Gasteiger charge is -2.32. The molecule has 0 saturated heterocycles. The average Bonchev–Trinajstić information content (AvgIpc) is 2.55. The van der Waals surface area contributed by atoms with Crippen molar-refractivity contribution in [3.63, 3.8) is 0 Å². The Morgan fingerprint density at radius 3 is 3.08 bits per heavy atom. The van der Waals surface area contributed by atoms with Crippen molar-refractivity contribution in [2.24, 2.45) is 15.6 Å². The molecule has 2 atom stereocenters. The van der Waals surface area contributed by atoms with Crippen LogP contribution < -0.4 is 0 Å². The first-order valence-electron chi connectivity index (χ1n) is 4.67. The van der Waals surface area contributed by atoms with Crippen molar-refractivity contribution in [3.8, 4) is 0 Å². The molecular formula is C9H15N2S. The second kappa shape index (κ2) is 3.36. The minimum atomic E-state index is 0.154. The molecule has 67 valence electrons. The second-order valence-corrected chi connectivity index (χ2v) is 4.67. The Hall–Kier alpha value is -0.0500. The summed E-state index contributed by atoms with van der Waals surface area (Å²) in [6.07, 6.45) is 7.65. The van der Waals surface area contributed by atoms with Crippen LogP contribution in [0, 0.1) is 12.3 Å². The maximum Gasteiger partial charge on any atom is 0.0935 e. The second-order valence-electron chi connectivity index (χ2n) is 3.96. The Balaban J connectivity index is 2.01. The van der Waals surface area contributed by atoms with Gasteiger partial charge in [0.15, 0.2) is 0 Å². The van der Waals surface area contributed by atoms with E-state index >= 15 is 0 Å². The molecule has 0 aromatic carbocycles. The molecule has 0 aromatic rings. The van der Waals surface area contributed by atoms with E-state index in [1.165, 1.54) is 25.7 Å². The molecule has 0 bridgehead atoms. The Labute approximate surface area is 78.4 Å². The third-order valence-electron chi connectivity index (χ3n) is 2.98. The van der Waals surface area contributed by atoms with Gasteiger partial charge >= 0.3 is 0 Å². The summed E-state index contributed by atoms with van der Waals surface area (Å²) in [4.78, 5) is 0. The zero-order valence-electron chi connectivity index (χ0n) is 7.49. The molecule has 1 radical (unpaired) electrons.